The number of hydrogen-bond donors (Lipinski definition) is 0. The predicted molar refractivity (Wildman–Crippen MR) is 170 cm³/mol. The van der Waals surface area contributed by atoms with Crippen LogP contribution >= 0.6 is 0 Å². The zero-order valence-electron chi connectivity index (χ0n) is 22.5. The first-order chi connectivity index (χ1) is 20.8. The Hall–Kier alpha value is -5.68. The third-order valence-electron chi connectivity index (χ3n) is 8.20. The summed E-state index contributed by atoms with van der Waals surface area (Å²) in [5, 5.41) is 8.14. The molecule has 0 saturated heterocycles. The lowest BCUT2D eigenvalue weighted by Gasteiger charge is -2.14. The highest BCUT2D eigenvalue weighted by molar-refractivity contribution is 6.23. The molecule has 2 aromatic heterocycles. The number of fused-ring (bicyclic) bond motifs is 8. The zero-order valence-corrected chi connectivity index (χ0v) is 22.5. The fraction of sp³-hybridized carbons (Fsp3) is 0.0270. The summed E-state index contributed by atoms with van der Waals surface area (Å²) in [5.74, 6) is 2.69. The van der Waals surface area contributed by atoms with Crippen molar-refractivity contribution in [3.05, 3.63) is 127 Å². The molecule has 0 radical (unpaired) electrons. The van der Waals surface area contributed by atoms with E-state index in [2.05, 4.69) is 77.8 Å². The SMILES string of the molecule is C1=NCc2c1oc1cccc(-c3nc(-c4ccccc4)nc(-c4cc5ccc6ccccc6c5c5ccccc45)n3)c21. The minimum absolute atomic E-state index is 0.589. The van der Waals surface area contributed by atoms with Crippen molar-refractivity contribution in [2.75, 3.05) is 0 Å². The Labute approximate surface area is 240 Å². The van der Waals surface area contributed by atoms with Crippen LogP contribution < -0.4 is 0 Å². The second kappa shape index (κ2) is 8.91. The highest BCUT2D eigenvalue weighted by Crippen LogP contribution is 2.40. The van der Waals surface area contributed by atoms with Crippen molar-refractivity contribution in [2.45, 2.75) is 6.54 Å². The van der Waals surface area contributed by atoms with Gasteiger partial charge in [0.05, 0.1) is 12.8 Å². The number of furan rings is 1. The molecule has 0 fully saturated rings. The fourth-order valence-electron chi connectivity index (χ4n) is 6.29. The van der Waals surface area contributed by atoms with Crippen molar-refractivity contribution >= 4 is 49.5 Å². The van der Waals surface area contributed by atoms with Gasteiger partial charge in [-0.3, -0.25) is 4.99 Å². The monoisotopic (exact) mass is 538 g/mol. The molecule has 6 aromatic carbocycles. The summed E-state index contributed by atoms with van der Waals surface area (Å²) in [4.78, 5) is 19.7. The molecule has 0 unspecified atom stereocenters. The van der Waals surface area contributed by atoms with E-state index in [1.165, 1.54) is 21.5 Å². The number of hydrogen-bond acceptors (Lipinski definition) is 5. The van der Waals surface area contributed by atoms with E-state index < -0.39 is 0 Å². The number of aliphatic imine (C=N–C) groups is 1. The fourth-order valence-corrected chi connectivity index (χ4v) is 6.29. The smallest absolute Gasteiger partial charge is 0.164 e. The molecule has 196 valence electrons. The van der Waals surface area contributed by atoms with Gasteiger partial charge in [-0.05, 0) is 44.5 Å². The van der Waals surface area contributed by atoms with Gasteiger partial charge in [-0.2, -0.15) is 0 Å². The van der Waals surface area contributed by atoms with Crippen molar-refractivity contribution in [1.29, 1.82) is 0 Å². The van der Waals surface area contributed by atoms with Gasteiger partial charge < -0.3 is 4.42 Å². The number of aromatic nitrogens is 3. The number of benzene rings is 6. The van der Waals surface area contributed by atoms with Gasteiger partial charge >= 0.3 is 0 Å². The van der Waals surface area contributed by atoms with Crippen LogP contribution in [0.4, 0.5) is 0 Å². The summed E-state index contributed by atoms with van der Waals surface area (Å²) < 4.78 is 6.12. The molecule has 8 aromatic rings. The molecular weight excluding hydrogens is 516 g/mol. The van der Waals surface area contributed by atoms with Crippen molar-refractivity contribution in [2.24, 2.45) is 4.99 Å². The van der Waals surface area contributed by atoms with Gasteiger partial charge in [0.15, 0.2) is 23.2 Å². The van der Waals surface area contributed by atoms with Gasteiger partial charge in [-0.25, -0.2) is 15.0 Å². The second-order valence-electron chi connectivity index (χ2n) is 10.6. The summed E-state index contributed by atoms with van der Waals surface area (Å²) >= 11 is 0. The zero-order chi connectivity index (χ0) is 27.6. The number of nitrogens with zero attached hydrogens (tertiary/aromatic N) is 4. The molecule has 1 aliphatic heterocycles. The Morgan fingerprint density at radius 2 is 1.24 bits per heavy atom. The molecule has 0 amide bonds. The molecule has 42 heavy (non-hydrogen) atoms. The molecule has 9 rings (SSSR count). The summed E-state index contributed by atoms with van der Waals surface area (Å²) in [6, 6.07) is 39.9. The minimum atomic E-state index is 0.589. The van der Waals surface area contributed by atoms with E-state index in [-0.39, 0.29) is 0 Å². The van der Waals surface area contributed by atoms with Crippen molar-refractivity contribution < 1.29 is 4.42 Å². The molecule has 0 aliphatic carbocycles. The lowest BCUT2D eigenvalue weighted by molar-refractivity contribution is 0.607. The lowest BCUT2D eigenvalue weighted by Crippen LogP contribution is -2.01. The Morgan fingerprint density at radius 3 is 2.12 bits per heavy atom. The van der Waals surface area contributed by atoms with Crippen molar-refractivity contribution in [3.63, 3.8) is 0 Å². The second-order valence-corrected chi connectivity index (χ2v) is 10.6. The normalized spacial score (nSPS) is 12.6. The maximum Gasteiger partial charge on any atom is 0.164 e. The van der Waals surface area contributed by atoms with Crippen molar-refractivity contribution in [1.82, 2.24) is 15.0 Å². The third-order valence-corrected chi connectivity index (χ3v) is 8.20. The molecule has 5 nitrogen and oxygen atoms in total. The molecule has 5 heteroatoms. The Bertz CT molecular complexity index is 2390. The van der Waals surface area contributed by atoms with Crippen LogP contribution in [0.25, 0.3) is 77.5 Å². The van der Waals surface area contributed by atoms with Crippen LogP contribution in [0, 0.1) is 0 Å². The van der Waals surface area contributed by atoms with Gasteiger partial charge in [0.2, 0.25) is 0 Å². The summed E-state index contributed by atoms with van der Waals surface area (Å²) in [5.41, 5.74) is 4.72. The highest BCUT2D eigenvalue weighted by atomic mass is 16.3. The molecule has 0 bridgehead atoms. The first kappa shape index (κ1) is 23.1. The van der Waals surface area contributed by atoms with E-state index in [0.29, 0.717) is 24.0 Å². The lowest BCUT2D eigenvalue weighted by atomic mass is 9.93. The Morgan fingerprint density at radius 1 is 0.524 bits per heavy atom. The summed E-state index contributed by atoms with van der Waals surface area (Å²) in [6.45, 7) is 0.589. The van der Waals surface area contributed by atoms with Crippen LogP contribution in [0.1, 0.15) is 11.3 Å². The van der Waals surface area contributed by atoms with E-state index in [1.54, 1.807) is 6.21 Å². The quantitative estimate of drug-likeness (QED) is 0.211. The average Bonchev–Trinajstić information content (AvgIpc) is 3.66. The molecule has 0 N–H and O–H groups in total. The van der Waals surface area contributed by atoms with Crippen LogP contribution in [-0.2, 0) is 6.54 Å². The van der Waals surface area contributed by atoms with Gasteiger partial charge in [0.1, 0.15) is 5.58 Å². The Balaban J connectivity index is 1.36. The van der Waals surface area contributed by atoms with Crippen LogP contribution in [0.15, 0.2) is 125 Å². The van der Waals surface area contributed by atoms with E-state index in [9.17, 15) is 0 Å². The molecule has 1 aliphatic rings. The van der Waals surface area contributed by atoms with Gasteiger partial charge in [0.25, 0.3) is 0 Å². The summed E-state index contributed by atoms with van der Waals surface area (Å²) in [6.07, 6.45) is 1.80. The molecule has 0 spiro atoms. The highest BCUT2D eigenvalue weighted by Gasteiger charge is 2.23. The Kier molecular flexibility index (Phi) is 4.90. The first-order valence-corrected chi connectivity index (χ1v) is 14.0. The number of rotatable bonds is 3. The minimum Gasteiger partial charge on any atom is -0.455 e. The first-order valence-electron chi connectivity index (χ1n) is 14.0. The van der Waals surface area contributed by atoms with Crippen LogP contribution in [0.3, 0.4) is 0 Å². The largest absolute Gasteiger partial charge is 0.455 e. The topological polar surface area (TPSA) is 64.2 Å². The molecule has 0 saturated carbocycles. The maximum atomic E-state index is 6.12. The van der Waals surface area contributed by atoms with E-state index in [4.69, 9.17) is 19.4 Å². The maximum absolute atomic E-state index is 6.12. The van der Waals surface area contributed by atoms with Gasteiger partial charge in [-0.15, -0.1) is 0 Å². The van der Waals surface area contributed by atoms with E-state index in [0.717, 1.165) is 49.8 Å². The standard InChI is InChI=1S/C37H22N4O/c1-2-10-23(11-3-1)35-39-36(28-15-8-16-31-34(28)30-20-38-21-32(30)42-31)41-37(40-35)29-19-24-18-17-22-9-4-5-12-25(22)33(24)27-14-7-6-13-26(27)29/h1-19,21H,20H2. The van der Waals surface area contributed by atoms with Crippen LogP contribution in [0.5, 0.6) is 0 Å². The molecule has 0 atom stereocenters. The van der Waals surface area contributed by atoms with Crippen molar-refractivity contribution in [3.8, 4) is 34.2 Å². The molecular formula is C37H22N4O. The average molecular weight is 539 g/mol. The third kappa shape index (κ3) is 3.44. The molecule has 3 heterocycles. The van der Waals surface area contributed by atoms with E-state index >= 15 is 0 Å². The van der Waals surface area contributed by atoms with E-state index in [1.807, 2.05) is 42.5 Å². The predicted octanol–water partition coefficient (Wildman–Crippen LogP) is 9.01. The van der Waals surface area contributed by atoms with Gasteiger partial charge in [0, 0.05) is 27.6 Å². The summed E-state index contributed by atoms with van der Waals surface area (Å²) in [7, 11) is 0. The van der Waals surface area contributed by atoms with Gasteiger partial charge in [-0.1, -0.05) is 103 Å². The van der Waals surface area contributed by atoms with Crippen LogP contribution in [-0.4, -0.2) is 21.2 Å². The van der Waals surface area contributed by atoms with Crippen LogP contribution in [0.2, 0.25) is 0 Å².